The van der Waals surface area contributed by atoms with E-state index < -0.39 is 0 Å². The topological polar surface area (TPSA) is 68.9 Å². The van der Waals surface area contributed by atoms with Crippen LogP contribution in [0.1, 0.15) is 5.69 Å². The molecule has 0 aliphatic rings. The zero-order valence-corrected chi connectivity index (χ0v) is 15.3. The standard InChI is InChI=1S/C15H9N3O2S4/c19-18(20)11-1-2-12-13(5-11)24-15(17-12)23-8-10-7-22-14(16-10)9-3-4-21-6-9/h1-7H,8H2. The minimum atomic E-state index is -0.382. The molecule has 0 radical (unpaired) electrons. The van der Waals surface area contributed by atoms with E-state index in [1.165, 1.54) is 17.4 Å². The molecule has 24 heavy (non-hydrogen) atoms. The molecule has 1 aromatic carbocycles. The Balaban J connectivity index is 1.49. The number of aromatic nitrogens is 2. The lowest BCUT2D eigenvalue weighted by molar-refractivity contribution is -0.384. The minimum Gasteiger partial charge on any atom is -0.258 e. The van der Waals surface area contributed by atoms with E-state index in [-0.39, 0.29) is 10.6 Å². The van der Waals surface area contributed by atoms with Gasteiger partial charge in [0.25, 0.3) is 5.69 Å². The minimum absolute atomic E-state index is 0.0996. The highest BCUT2D eigenvalue weighted by molar-refractivity contribution is 8.00. The Morgan fingerprint density at radius 2 is 2.12 bits per heavy atom. The number of nitrogens with zero attached hydrogens (tertiary/aromatic N) is 3. The predicted octanol–water partition coefficient (Wildman–Crippen LogP) is 5.68. The molecule has 0 amide bonds. The fourth-order valence-electron chi connectivity index (χ4n) is 2.10. The maximum Gasteiger partial charge on any atom is 0.270 e. The molecule has 4 rings (SSSR count). The molecule has 3 aromatic heterocycles. The smallest absolute Gasteiger partial charge is 0.258 e. The van der Waals surface area contributed by atoms with Gasteiger partial charge in [-0.2, -0.15) is 11.3 Å². The van der Waals surface area contributed by atoms with Gasteiger partial charge in [-0.25, -0.2) is 9.97 Å². The maximum atomic E-state index is 10.8. The van der Waals surface area contributed by atoms with Gasteiger partial charge >= 0.3 is 0 Å². The molecule has 0 saturated heterocycles. The van der Waals surface area contributed by atoms with E-state index in [1.807, 2.05) is 5.38 Å². The van der Waals surface area contributed by atoms with Crippen LogP contribution in [0.4, 0.5) is 5.69 Å². The molecule has 0 spiro atoms. The molecule has 0 fully saturated rings. The molecule has 0 bridgehead atoms. The summed E-state index contributed by atoms with van der Waals surface area (Å²) in [4.78, 5) is 19.6. The zero-order valence-electron chi connectivity index (χ0n) is 12.0. The van der Waals surface area contributed by atoms with Crippen LogP contribution >= 0.6 is 45.8 Å². The van der Waals surface area contributed by atoms with Crippen LogP contribution in [0.3, 0.4) is 0 Å². The van der Waals surface area contributed by atoms with Gasteiger partial charge in [0.15, 0.2) is 4.34 Å². The number of thiazole rings is 2. The van der Waals surface area contributed by atoms with Gasteiger partial charge in [0, 0.05) is 34.2 Å². The van der Waals surface area contributed by atoms with Gasteiger partial charge in [-0.15, -0.1) is 22.7 Å². The SMILES string of the molecule is O=[N+]([O-])c1ccc2nc(SCc3csc(-c4ccsc4)n3)sc2c1. The van der Waals surface area contributed by atoms with Crippen LogP contribution in [0.2, 0.25) is 0 Å². The summed E-state index contributed by atoms with van der Waals surface area (Å²) < 4.78 is 1.74. The lowest BCUT2D eigenvalue weighted by Crippen LogP contribution is -1.85. The molecule has 3 heterocycles. The molecule has 120 valence electrons. The molecule has 0 atom stereocenters. The van der Waals surface area contributed by atoms with E-state index in [9.17, 15) is 10.1 Å². The highest BCUT2D eigenvalue weighted by atomic mass is 32.2. The van der Waals surface area contributed by atoms with Crippen molar-refractivity contribution in [3.8, 4) is 10.6 Å². The Bertz CT molecular complexity index is 1010. The van der Waals surface area contributed by atoms with Gasteiger partial charge in [0.1, 0.15) is 5.01 Å². The Kier molecular flexibility index (Phi) is 4.31. The van der Waals surface area contributed by atoms with Gasteiger partial charge < -0.3 is 0 Å². The van der Waals surface area contributed by atoms with Crippen LogP contribution in [0.5, 0.6) is 0 Å². The number of rotatable bonds is 5. The van der Waals surface area contributed by atoms with Gasteiger partial charge in [0.2, 0.25) is 0 Å². The quantitative estimate of drug-likeness (QED) is 0.249. The largest absolute Gasteiger partial charge is 0.270 e. The third-order valence-corrected chi connectivity index (χ3v) is 7.04. The summed E-state index contributed by atoms with van der Waals surface area (Å²) in [7, 11) is 0. The summed E-state index contributed by atoms with van der Waals surface area (Å²) >= 11 is 6.39. The van der Waals surface area contributed by atoms with Crippen LogP contribution in [0, 0.1) is 10.1 Å². The first-order valence-corrected chi connectivity index (χ1v) is 10.5. The monoisotopic (exact) mass is 391 g/mol. The van der Waals surface area contributed by atoms with E-state index in [0.29, 0.717) is 0 Å². The first-order valence-electron chi connectivity index (χ1n) is 6.84. The van der Waals surface area contributed by atoms with Crippen molar-refractivity contribution in [2.75, 3.05) is 0 Å². The Morgan fingerprint density at radius 3 is 2.92 bits per heavy atom. The van der Waals surface area contributed by atoms with Crippen molar-refractivity contribution >= 4 is 61.7 Å². The highest BCUT2D eigenvalue weighted by Crippen LogP contribution is 2.34. The molecule has 0 N–H and O–H groups in total. The number of non-ortho nitro benzene ring substituents is 1. The fraction of sp³-hybridized carbons (Fsp3) is 0.0667. The second-order valence-corrected chi connectivity index (χ2v) is 8.72. The van der Waals surface area contributed by atoms with Crippen LogP contribution in [-0.4, -0.2) is 14.9 Å². The van der Waals surface area contributed by atoms with Crippen LogP contribution in [-0.2, 0) is 5.75 Å². The van der Waals surface area contributed by atoms with E-state index in [0.717, 1.165) is 36.6 Å². The van der Waals surface area contributed by atoms with Crippen molar-refractivity contribution in [2.24, 2.45) is 0 Å². The summed E-state index contributed by atoms with van der Waals surface area (Å²) in [5.41, 5.74) is 3.08. The summed E-state index contributed by atoms with van der Waals surface area (Å²) in [5, 5.41) is 18.1. The van der Waals surface area contributed by atoms with Crippen molar-refractivity contribution < 1.29 is 4.92 Å². The number of nitro benzene ring substituents is 1. The lowest BCUT2D eigenvalue weighted by Gasteiger charge is -1.93. The predicted molar refractivity (Wildman–Crippen MR) is 101 cm³/mol. The average molecular weight is 392 g/mol. The molecular formula is C15H9N3O2S4. The highest BCUT2D eigenvalue weighted by Gasteiger charge is 2.11. The van der Waals surface area contributed by atoms with E-state index in [1.54, 1.807) is 46.6 Å². The Hall–Kier alpha value is -1.81. The van der Waals surface area contributed by atoms with E-state index in [4.69, 9.17) is 0 Å². The van der Waals surface area contributed by atoms with Gasteiger partial charge in [0.05, 0.1) is 20.8 Å². The Morgan fingerprint density at radius 1 is 1.21 bits per heavy atom. The first kappa shape index (κ1) is 15.7. The summed E-state index contributed by atoms with van der Waals surface area (Å²) in [6.45, 7) is 0. The third-order valence-electron chi connectivity index (χ3n) is 3.23. The maximum absolute atomic E-state index is 10.8. The molecule has 0 unspecified atom stereocenters. The normalized spacial score (nSPS) is 11.2. The number of benzene rings is 1. The summed E-state index contributed by atoms with van der Waals surface area (Å²) in [6.07, 6.45) is 0. The molecule has 5 nitrogen and oxygen atoms in total. The Labute approximate surface area is 153 Å². The first-order chi connectivity index (χ1) is 11.7. The summed E-state index contributed by atoms with van der Waals surface area (Å²) in [6, 6.07) is 6.84. The van der Waals surface area contributed by atoms with Crippen LogP contribution < -0.4 is 0 Å². The molecular weight excluding hydrogens is 382 g/mol. The van der Waals surface area contributed by atoms with Gasteiger partial charge in [-0.3, -0.25) is 10.1 Å². The summed E-state index contributed by atoms with van der Waals surface area (Å²) in [5.74, 6) is 0.739. The second-order valence-electron chi connectivity index (χ2n) is 4.83. The fourth-order valence-corrected chi connectivity index (χ4v) is 5.73. The van der Waals surface area contributed by atoms with Crippen molar-refractivity contribution in [3.05, 3.63) is 56.2 Å². The molecule has 0 aliphatic carbocycles. The van der Waals surface area contributed by atoms with Crippen molar-refractivity contribution in [3.63, 3.8) is 0 Å². The molecule has 4 aromatic rings. The van der Waals surface area contributed by atoms with Crippen LogP contribution in [0.15, 0.2) is 44.7 Å². The number of hydrogen-bond acceptors (Lipinski definition) is 8. The van der Waals surface area contributed by atoms with Gasteiger partial charge in [-0.1, -0.05) is 11.8 Å². The number of nitro groups is 1. The zero-order chi connectivity index (χ0) is 16.5. The van der Waals surface area contributed by atoms with Gasteiger partial charge in [-0.05, 0) is 17.5 Å². The van der Waals surface area contributed by atoms with Crippen molar-refractivity contribution in [1.82, 2.24) is 9.97 Å². The number of hydrogen-bond donors (Lipinski definition) is 0. The van der Waals surface area contributed by atoms with E-state index in [2.05, 4.69) is 26.8 Å². The molecule has 0 aliphatic heterocycles. The number of fused-ring (bicyclic) bond motifs is 1. The molecule has 9 heteroatoms. The second kappa shape index (κ2) is 6.60. The van der Waals surface area contributed by atoms with E-state index >= 15 is 0 Å². The average Bonchev–Trinajstić information content (AvgIpc) is 3.30. The number of thioether (sulfide) groups is 1. The molecule has 0 saturated carbocycles. The lowest BCUT2D eigenvalue weighted by atomic mass is 10.3. The third kappa shape index (κ3) is 3.20. The van der Waals surface area contributed by atoms with Crippen LogP contribution in [0.25, 0.3) is 20.8 Å². The van der Waals surface area contributed by atoms with Crippen molar-refractivity contribution in [2.45, 2.75) is 10.1 Å². The number of thiophene rings is 1. The van der Waals surface area contributed by atoms with Crippen molar-refractivity contribution in [1.29, 1.82) is 0 Å².